The van der Waals surface area contributed by atoms with Crippen molar-refractivity contribution in [2.75, 3.05) is 0 Å². The molecule has 0 heterocycles. The minimum absolute atomic E-state index is 0.0596. The van der Waals surface area contributed by atoms with Gasteiger partial charge in [0.1, 0.15) is 5.75 Å². The molecular weight excluding hydrogens is 212 g/mol. The van der Waals surface area contributed by atoms with Gasteiger partial charge in [-0.05, 0) is 48.8 Å². The van der Waals surface area contributed by atoms with Crippen LogP contribution in [0, 0.1) is 5.92 Å². The zero-order valence-electron chi connectivity index (χ0n) is 11.3. The summed E-state index contributed by atoms with van der Waals surface area (Å²) < 4.78 is 0. The maximum Gasteiger partial charge on any atom is 0.115 e. The molecule has 96 valence electrons. The first kappa shape index (κ1) is 14.0. The molecule has 0 bridgehead atoms. The van der Waals surface area contributed by atoms with Crippen LogP contribution in [0.5, 0.6) is 5.75 Å². The van der Waals surface area contributed by atoms with Crippen molar-refractivity contribution in [2.45, 2.75) is 52.1 Å². The van der Waals surface area contributed by atoms with Gasteiger partial charge in [0.05, 0.1) is 6.10 Å². The van der Waals surface area contributed by atoms with Crippen molar-refractivity contribution in [3.63, 3.8) is 0 Å². The lowest BCUT2D eigenvalue weighted by Crippen LogP contribution is -2.28. The Kier molecular flexibility index (Phi) is 4.58. The molecule has 0 aliphatic heterocycles. The highest BCUT2D eigenvalue weighted by Crippen LogP contribution is 2.35. The highest BCUT2D eigenvalue weighted by molar-refractivity contribution is 5.31. The van der Waals surface area contributed by atoms with E-state index < -0.39 is 0 Å². The highest BCUT2D eigenvalue weighted by atomic mass is 16.3. The van der Waals surface area contributed by atoms with Gasteiger partial charge < -0.3 is 10.2 Å². The fourth-order valence-electron chi connectivity index (χ4n) is 2.21. The molecule has 0 fully saturated rings. The van der Waals surface area contributed by atoms with Gasteiger partial charge >= 0.3 is 0 Å². The number of phenolic OH excluding ortho intramolecular Hbond substituents is 1. The van der Waals surface area contributed by atoms with Crippen molar-refractivity contribution in [3.05, 3.63) is 29.8 Å². The number of rotatable bonds is 5. The molecule has 0 spiro atoms. The van der Waals surface area contributed by atoms with Gasteiger partial charge in [-0.25, -0.2) is 0 Å². The van der Waals surface area contributed by atoms with Crippen LogP contribution in [0.15, 0.2) is 24.3 Å². The molecule has 17 heavy (non-hydrogen) atoms. The number of benzene rings is 1. The molecule has 0 amide bonds. The standard InChI is InChI=1S/C15H24O2/c1-5-15(4,10-11(2)12(3)16)13-6-8-14(17)9-7-13/h6-9,11-12,16-17H,5,10H2,1-4H3. The molecule has 2 N–H and O–H groups in total. The molecule has 3 atom stereocenters. The molecule has 2 heteroatoms. The lowest BCUT2D eigenvalue weighted by atomic mass is 9.73. The smallest absolute Gasteiger partial charge is 0.115 e. The molecule has 1 aromatic carbocycles. The minimum atomic E-state index is -0.280. The van der Waals surface area contributed by atoms with Crippen LogP contribution < -0.4 is 0 Å². The van der Waals surface area contributed by atoms with Crippen LogP contribution in [0.25, 0.3) is 0 Å². The largest absolute Gasteiger partial charge is 0.508 e. The topological polar surface area (TPSA) is 40.5 Å². The van der Waals surface area contributed by atoms with E-state index in [1.807, 2.05) is 19.1 Å². The van der Waals surface area contributed by atoms with E-state index in [0.29, 0.717) is 5.75 Å². The quantitative estimate of drug-likeness (QED) is 0.822. The Balaban J connectivity index is 2.91. The Morgan fingerprint density at radius 2 is 1.71 bits per heavy atom. The summed E-state index contributed by atoms with van der Waals surface area (Å²) in [5.41, 5.74) is 1.29. The van der Waals surface area contributed by atoms with Gasteiger partial charge in [0, 0.05) is 0 Å². The van der Waals surface area contributed by atoms with Gasteiger partial charge in [-0.15, -0.1) is 0 Å². The summed E-state index contributed by atoms with van der Waals surface area (Å²) in [6.07, 6.45) is 1.69. The van der Waals surface area contributed by atoms with E-state index >= 15 is 0 Å². The Hall–Kier alpha value is -1.02. The summed E-state index contributed by atoms with van der Waals surface area (Å²) >= 11 is 0. The monoisotopic (exact) mass is 236 g/mol. The third-order valence-corrected chi connectivity index (χ3v) is 3.94. The first-order valence-electron chi connectivity index (χ1n) is 6.36. The maximum absolute atomic E-state index is 9.63. The summed E-state index contributed by atoms with van der Waals surface area (Å²) in [5, 5.41) is 19.0. The van der Waals surface area contributed by atoms with E-state index in [1.54, 1.807) is 12.1 Å². The van der Waals surface area contributed by atoms with Gasteiger partial charge in [-0.2, -0.15) is 0 Å². The van der Waals surface area contributed by atoms with Crippen molar-refractivity contribution in [3.8, 4) is 5.75 Å². The number of hydrogen-bond donors (Lipinski definition) is 2. The first-order chi connectivity index (χ1) is 7.89. The van der Waals surface area contributed by atoms with Gasteiger partial charge in [0.2, 0.25) is 0 Å². The van der Waals surface area contributed by atoms with Crippen LogP contribution >= 0.6 is 0 Å². The molecular formula is C15H24O2. The zero-order chi connectivity index (χ0) is 13.1. The van der Waals surface area contributed by atoms with E-state index in [0.717, 1.165) is 12.8 Å². The summed E-state index contributed by atoms with van der Waals surface area (Å²) in [6, 6.07) is 7.42. The van der Waals surface area contributed by atoms with E-state index in [-0.39, 0.29) is 17.4 Å². The molecule has 0 aliphatic rings. The van der Waals surface area contributed by atoms with Crippen molar-refractivity contribution in [1.82, 2.24) is 0 Å². The average molecular weight is 236 g/mol. The lowest BCUT2D eigenvalue weighted by Gasteiger charge is -2.33. The Bertz CT molecular complexity index is 342. The van der Waals surface area contributed by atoms with Gasteiger partial charge in [-0.3, -0.25) is 0 Å². The zero-order valence-corrected chi connectivity index (χ0v) is 11.3. The summed E-state index contributed by atoms with van der Waals surface area (Å²) in [4.78, 5) is 0. The molecule has 0 radical (unpaired) electrons. The van der Waals surface area contributed by atoms with Gasteiger partial charge in [-0.1, -0.05) is 32.9 Å². The minimum Gasteiger partial charge on any atom is -0.508 e. The van der Waals surface area contributed by atoms with Crippen molar-refractivity contribution < 1.29 is 10.2 Å². The number of aliphatic hydroxyl groups is 1. The Labute approximate surface area is 104 Å². The number of hydrogen-bond acceptors (Lipinski definition) is 2. The summed E-state index contributed by atoms with van der Waals surface area (Å²) in [7, 11) is 0. The van der Waals surface area contributed by atoms with Crippen molar-refractivity contribution >= 4 is 0 Å². The van der Waals surface area contributed by atoms with Crippen LogP contribution in [-0.2, 0) is 5.41 Å². The predicted octanol–water partition coefficient (Wildman–Crippen LogP) is 3.47. The maximum atomic E-state index is 9.63. The Morgan fingerprint density at radius 3 is 2.12 bits per heavy atom. The third-order valence-electron chi connectivity index (χ3n) is 3.94. The van der Waals surface area contributed by atoms with Crippen LogP contribution in [0.3, 0.4) is 0 Å². The normalized spacial score (nSPS) is 18.4. The van der Waals surface area contributed by atoms with Crippen molar-refractivity contribution in [1.29, 1.82) is 0 Å². The first-order valence-corrected chi connectivity index (χ1v) is 6.36. The van der Waals surface area contributed by atoms with Crippen LogP contribution in [-0.4, -0.2) is 16.3 Å². The van der Waals surface area contributed by atoms with Crippen LogP contribution in [0.2, 0.25) is 0 Å². The van der Waals surface area contributed by atoms with E-state index in [1.165, 1.54) is 5.56 Å². The fourth-order valence-corrected chi connectivity index (χ4v) is 2.21. The van der Waals surface area contributed by atoms with Crippen LogP contribution in [0.1, 0.15) is 46.1 Å². The summed E-state index contributed by atoms with van der Waals surface area (Å²) in [6.45, 7) is 8.32. The van der Waals surface area contributed by atoms with E-state index in [2.05, 4.69) is 20.8 Å². The van der Waals surface area contributed by atoms with E-state index in [4.69, 9.17) is 0 Å². The fraction of sp³-hybridized carbons (Fsp3) is 0.600. The number of phenols is 1. The second-order valence-electron chi connectivity index (χ2n) is 5.38. The summed E-state index contributed by atoms with van der Waals surface area (Å²) in [5.74, 6) is 0.574. The molecule has 0 aliphatic carbocycles. The molecule has 0 aromatic heterocycles. The second-order valence-corrected chi connectivity index (χ2v) is 5.38. The van der Waals surface area contributed by atoms with Gasteiger partial charge in [0.15, 0.2) is 0 Å². The average Bonchev–Trinajstić information content (AvgIpc) is 2.29. The highest BCUT2D eigenvalue weighted by Gasteiger charge is 2.28. The second kappa shape index (κ2) is 5.54. The lowest BCUT2D eigenvalue weighted by molar-refractivity contribution is 0.113. The molecule has 0 saturated carbocycles. The molecule has 0 saturated heterocycles. The molecule has 3 unspecified atom stereocenters. The van der Waals surface area contributed by atoms with Gasteiger partial charge in [0.25, 0.3) is 0 Å². The molecule has 2 nitrogen and oxygen atoms in total. The van der Waals surface area contributed by atoms with E-state index in [9.17, 15) is 10.2 Å². The number of aliphatic hydroxyl groups excluding tert-OH is 1. The SMILES string of the molecule is CCC(C)(CC(C)C(C)O)c1ccc(O)cc1. The van der Waals surface area contributed by atoms with Crippen LogP contribution in [0.4, 0.5) is 0 Å². The predicted molar refractivity (Wildman–Crippen MR) is 71.2 cm³/mol. The Morgan fingerprint density at radius 1 is 1.18 bits per heavy atom. The number of aromatic hydroxyl groups is 1. The molecule has 1 aromatic rings. The van der Waals surface area contributed by atoms with Crippen molar-refractivity contribution in [2.24, 2.45) is 5.92 Å². The third kappa shape index (κ3) is 3.47. The molecule has 1 rings (SSSR count).